The minimum absolute atomic E-state index is 0.192. The lowest BCUT2D eigenvalue weighted by molar-refractivity contribution is 0.0740. The highest BCUT2D eigenvalue weighted by Crippen LogP contribution is 2.16. The molecule has 1 aromatic heterocycles. The summed E-state index contributed by atoms with van der Waals surface area (Å²) in [4.78, 5) is 30.9. The summed E-state index contributed by atoms with van der Waals surface area (Å²) in [5.41, 5.74) is 0.694. The lowest BCUT2D eigenvalue weighted by atomic mass is 10.2. The highest BCUT2D eigenvalue weighted by Gasteiger charge is 2.19. The van der Waals surface area contributed by atoms with Gasteiger partial charge in [-0.1, -0.05) is 32.8 Å². The van der Waals surface area contributed by atoms with Crippen molar-refractivity contribution in [3.63, 3.8) is 0 Å². The van der Waals surface area contributed by atoms with E-state index in [1.54, 1.807) is 16.3 Å². The van der Waals surface area contributed by atoms with Crippen molar-refractivity contribution in [2.75, 3.05) is 13.1 Å². The van der Waals surface area contributed by atoms with Crippen LogP contribution in [0.15, 0.2) is 29.6 Å². The van der Waals surface area contributed by atoms with Gasteiger partial charge in [-0.15, -0.1) is 11.3 Å². The van der Waals surface area contributed by atoms with E-state index in [4.69, 9.17) is 0 Å². The van der Waals surface area contributed by atoms with Gasteiger partial charge in [0.1, 0.15) is 16.5 Å². The number of carbonyl (C=O) groups is 2. The fraction of sp³-hybridized carbons (Fsp3) is 0.450. The topological polar surface area (TPSA) is 62.3 Å². The summed E-state index contributed by atoms with van der Waals surface area (Å²) in [6.45, 7) is 5.61. The molecule has 0 bridgehead atoms. The first kappa shape index (κ1) is 21.0. The summed E-state index contributed by atoms with van der Waals surface area (Å²) in [6, 6.07) is 5.70. The summed E-state index contributed by atoms with van der Waals surface area (Å²) in [7, 11) is 0. The van der Waals surface area contributed by atoms with Gasteiger partial charge in [0.25, 0.3) is 11.8 Å². The molecule has 0 saturated carbocycles. The zero-order chi connectivity index (χ0) is 19.6. The minimum Gasteiger partial charge on any atom is -0.351 e. The Balaban J connectivity index is 2.07. The quantitative estimate of drug-likeness (QED) is 0.616. The molecule has 7 heteroatoms. The van der Waals surface area contributed by atoms with E-state index in [-0.39, 0.29) is 11.8 Å². The van der Waals surface area contributed by atoms with Gasteiger partial charge >= 0.3 is 0 Å². The molecule has 0 unspecified atom stereocenters. The zero-order valence-electron chi connectivity index (χ0n) is 15.8. The molecule has 5 nitrogen and oxygen atoms in total. The van der Waals surface area contributed by atoms with E-state index in [0.29, 0.717) is 35.9 Å². The zero-order valence-corrected chi connectivity index (χ0v) is 16.7. The standard InChI is InChI=1S/C20H26FN3O2S/c1-3-5-10-22-19(25)17-14-27-18(23-17)13-24(11-6-4-2)20(26)15-8-7-9-16(21)12-15/h7-9,12,14H,3-6,10-11,13H2,1-2H3,(H,22,25). The molecule has 0 saturated heterocycles. The van der Waals surface area contributed by atoms with Crippen LogP contribution in [0.1, 0.15) is 65.4 Å². The van der Waals surface area contributed by atoms with Crippen LogP contribution in [0.3, 0.4) is 0 Å². The minimum atomic E-state index is -0.434. The van der Waals surface area contributed by atoms with Crippen LogP contribution in [0.4, 0.5) is 4.39 Å². The number of amides is 2. The first-order chi connectivity index (χ1) is 13.0. The van der Waals surface area contributed by atoms with Crippen molar-refractivity contribution in [2.24, 2.45) is 0 Å². The van der Waals surface area contributed by atoms with Crippen LogP contribution >= 0.6 is 11.3 Å². The second-order valence-electron chi connectivity index (χ2n) is 6.33. The van der Waals surface area contributed by atoms with Crippen molar-refractivity contribution in [1.29, 1.82) is 0 Å². The van der Waals surface area contributed by atoms with Crippen LogP contribution in [0.25, 0.3) is 0 Å². The predicted molar refractivity (Wildman–Crippen MR) is 105 cm³/mol. The van der Waals surface area contributed by atoms with Gasteiger partial charge in [-0.3, -0.25) is 9.59 Å². The number of unbranched alkanes of at least 4 members (excludes halogenated alkanes) is 2. The molecule has 1 N–H and O–H groups in total. The van der Waals surface area contributed by atoms with Crippen LogP contribution < -0.4 is 5.32 Å². The van der Waals surface area contributed by atoms with E-state index in [9.17, 15) is 14.0 Å². The van der Waals surface area contributed by atoms with E-state index >= 15 is 0 Å². The lowest BCUT2D eigenvalue weighted by Crippen LogP contribution is -2.31. The first-order valence-corrected chi connectivity index (χ1v) is 10.2. The number of hydrogen-bond donors (Lipinski definition) is 1. The Morgan fingerprint density at radius 1 is 1.22 bits per heavy atom. The lowest BCUT2D eigenvalue weighted by Gasteiger charge is -2.21. The second-order valence-corrected chi connectivity index (χ2v) is 7.27. The highest BCUT2D eigenvalue weighted by molar-refractivity contribution is 7.09. The van der Waals surface area contributed by atoms with Crippen molar-refractivity contribution >= 4 is 23.2 Å². The first-order valence-electron chi connectivity index (χ1n) is 9.32. The Morgan fingerprint density at radius 3 is 2.70 bits per heavy atom. The SMILES string of the molecule is CCCCNC(=O)c1csc(CN(CCCC)C(=O)c2cccc(F)c2)n1. The van der Waals surface area contributed by atoms with Gasteiger partial charge < -0.3 is 10.2 Å². The molecule has 0 aliphatic carbocycles. The Bertz CT molecular complexity index is 763. The molecule has 146 valence electrons. The molecular weight excluding hydrogens is 365 g/mol. The third kappa shape index (κ3) is 6.43. The van der Waals surface area contributed by atoms with Crippen molar-refractivity contribution in [2.45, 2.75) is 46.1 Å². The molecule has 0 aliphatic rings. The second kappa shape index (κ2) is 10.8. The summed E-state index contributed by atoms with van der Waals surface area (Å²) >= 11 is 1.35. The number of benzene rings is 1. The number of nitrogens with one attached hydrogen (secondary N) is 1. The number of hydrogen-bond acceptors (Lipinski definition) is 4. The maximum absolute atomic E-state index is 13.5. The Labute approximate surface area is 163 Å². The third-order valence-corrected chi connectivity index (χ3v) is 4.90. The van der Waals surface area contributed by atoms with Crippen LogP contribution in [0.5, 0.6) is 0 Å². The maximum atomic E-state index is 13.5. The molecule has 0 radical (unpaired) electrons. The van der Waals surface area contributed by atoms with Crippen LogP contribution in [0.2, 0.25) is 0 Å². The largest absolute Gasteiger partial charge is 0.351 e. The van der Waals surface area contributed by atoms with E-state index in [0.717, 1.165) is 25.7 Å². The smallest absolute Gasteiger partial charge is 0.270 e. The normalized spacial score (nSPS) is 10.6. The Kier molecular flexibility index (Phi) is 8.39. The van der Waals surface area contributed by atoms with Crippen LogP contribution in [-0.4, -0.2) is 34.8 Å². The number of aromatic nitrogens is 1. The molecule has 2 aromatic rings. The molecule has 0 fully saturated rings. The summed E-state index contributed by atoms with van der Waals surface area (Å²) in [5, 5.41) is 5.24. The molecule has 0 atom stereocenters. The summed E-state index contributed by atoms with van der Waals surface area (Å²) in [5.74, 6) is -0.855. The average molecular weight is 392 g/mol. The summed E-state index contributed by atoms with van der Waals surface area (Å²) in [6.07, 6.45) is 3.72. The van der Waals surface area contributed by atoms with Crippen LogP contribution in [-0.2, 0) is 6.54 Å². The third-order valence-electron chi connectivity index (χ3n) is 4.07. The summed E-state index contributed by atoms with van der Waals surface area (Å²) < 4.78 is 13.5. The van der Waals surface area contributed by atoms with E-state index in [1.165, 1.54) is 29.5 Å². The highest BCUT2D eigenvalue weighted by atomic mass is 32.1. The number of rotatable bonds is 10. The molecule has 2 amide bonds. The molecule has 0 spiro atoms. The fourth-order valence-corrected chi connectivity index (χ4v) is 3.31. The number of carbonyl (C=O) groups excluding carboxylic acids is 2. The van der Waals surface area contributed by atoms with Crippen molar-refractivity contribution < 1.29 is 14.0 Å². The molecular formula is C20H26FN3O2S. The molecule has 1 heterocycles. The van der Waals surface area contributed by atoms with Gasteiger partial charge in [0.15, 0.2) is 0 Å². The van der Waals surface area contributed by atoms with Crippen LogP contribution in [0, 0.1) is 5.82 Å². The molecule has 2 rings (SSSR count). The van der Waals surface area contributed by atoms with Gasteiger partial charge in [-0.25, -0.2) is 9.37 Å². The fourth-order valence-electron chi connectivity index (χ4n) is 2.53. The molecule has 27 heavy (non-hydrogen) atoms. The Morgan fingerprint density at radius 2 is 2.00 bits per heavy atom. The monoisotopic (exact) mass is 391 g/mol. The van der Waals surface area contributed by atoms with Gasteiger partial charge in [0, 0.05) is 24.0 Å². The van der Waals surface area contributed by atoms with Crippen molar-refractivity contribution in [3.05, 3.63) is 51.7 Å². The average Bonchev–Trinajstić information content (AvgIpc) is 3.13. The van der Waals surface area contributed by atoms with Gasteiger partial charge in [-0.2, -0.15) is 0 Å². The van der Waals surface area contributed by atoms with Crippen molar-refractivity contribution in [3.8, 4) is 0 Å². The van der Waals surface area contributed by atoms with Gasteiger partial charge in [0.2, 0.25) is 0 Å². The molecule has 0 aliphatic heterocycles. The van der Waals surface area contributed by atoms with E-state index in [2.05, 4.69) is 17.2 Å². The number of halogens is 1. The maximum Gasteiger partial charge on any atom is 0.270 e. The molecule has 1 aromatic carbocycles. The van der Waals surface area contributed by atoms with Crippen molar-refractivity contribution in [1.82, 2.24) is 15.2 Å². The van der Waals surface area contributed by atoms with Gasteiger partial charge in [-0.05, 0) is 31.0 Å². The van der Waals surface area contributed by atoms with Gasteiger partial charge in [0.05, 0.1) is 6.54 Å². The Hall–Kier alpha value is -2.28. The number of thiazole rings is 1. The van der Waals surface area contributed by atoms with E-state index in [1.807, 2.05) is 6.92 Å². The number of nitrogens with zero attached hydrogens (tertiary/aromatic N) is 2. The van der Waals surface area contributed by atoms with E-state index < -0.39 is 5.82 Å². The predicted octanol–water partition coefficient (Wildman–Crippen LogP) is 4.25.